The number of amides is 1. The molecule has 27 heavy (non-hydrogen) atoms. The van der Waals surface area contributed by atoms with Crippen LogP contribution in [0.5, 0.6) is 11.5 Å². The van der Waals surface area contributed by atoms with Crippen LogP contribution in [0.3, 0.4) is 0 Å². The Hall–Kier alpha value is -3.26. The number of esters is 1. The second-order valence-electron chi connectivity index (χ2n) is 4.83. The number of halogens is 2. The molecule has 1 aromatic carbocycles. The topological polar surface area (TPSA) is 159 Å². The van der Waals surface area contributed by atoms with Gasteiger partial charge < -0.3 is 25.6 Å². The average Bonchev–Trinajstić information content (AvgIpc) is 2.59. The van der Waals surface area contributed by atoms with Crippen LogP contribution in [0.1, 0.15) is 0 Å². The summed E-state index contributed by atoms with van der Waals surface area (Å²) in [7, 11) is 0. The molecule has 0 aliphatic heterocycles. The van der Waals surface area contributed by atoms with Gasteiger partial charge in [-0.3, -0.25) is 4.79 Å². The van der Waals surface area contributed by atoms with Gasteiger partial charge in [0.15, 0.2) is 5.75 Å². The van der Waals surface area contributed by atoms with Crippen molar-refractivity contribution in [1.29, 1.82) is 5.26 Å². The van der Waals surface area contributed by atoms with Crippen LogP contribution in [-0.2, 0) is 9.53 Å². The minimum Gasteiger partial charge on any atom is -0.453 e. The third kappa shape index (κ3) is 5.61. The number of rotatable bonds is 6. The zero-order chi connectivity index (χ0) is 20.0. The van der Waals surface area contributed by atoms with E-state index in [0.717, 1.165) is 0 Å². The molecule has 10 nitrogen and oxygen atoms in total. The number of anilines is 1. The highest BCUT2D eigenvalue weighted by Crippen LogP contribution is 2.38. The summed E-state index contributed by atoms with van der Waals surface area (Å²) in [6.07, 6.45) is 0.00166. The molecule has 0 aliphatic rings. The molecule has 0 saturated heterocycles. The van der Waals surface area contributed by atoms with Crippen molar-refractivity contribution in [2.45, 2.75) is 6.04 Å². The first-order chi connectivity index (χ1) is 12.8. The van der Waals surface area contributed by atoms with E-state index in [-0.39, 0.29) is 27.0 Å². The summed E-state index contributed by atoms with van der Waals surface area (Å²) in [4.78, 5) is 35.5. The summed E-state index contributed by atoms with van der Waals surface area (Å²) in [6.45, 7) is 0. The fraction of sp³-hybridized carbons (Fsp3) is 0.0667. The molecule has 0 bridgehead atoms. The lowest BCUT2D eigenvalue weighted by Crippen LogP contribution is -2.41. The number of nitrogens with zero attached hydrogens (tertiary/aromatic N) is 1. The molecule has 1 atom stereocenters. The minimum absolute atomic E-state index is 0.103. The molecule has 1 heterocycles. The molecule has 140 valence electrons. The predicted octanol–water partition coefficient (Wildman–Crippen LogP) is 1.90. The molecule has 0 radical (unpaired) electrons. The normalized spacial score (nSPS) is 11.1. The molecule has 0 fully saturated rings. The van der Waals surface area contributed by atoms with E-state index in [4.69, 9.17) is 38.9 Å². The van der Waals surface area contributed by atoms with E-state index >= 15 is 0 Å². The average molecular weight is 412 g/mol. The van der Waals surface area contributed by atoms with E-state index in [9.17, 15) is 14.4 Å². The molecule has 0 aliphatic carbocycles. The first-order valence-electron chi connectivity index (χ1n) is 7.08. The van der Waals surface area contributed by atoms with Gasteiger partial charge in [-0.25, -0.2) is 15.0 Å². The molecule has 1 aromatic heterocycles. The summed E-state index contributed by atoms with van der Waals surface area (Å²) in [5, 5.41) is 9.13. The van der Waals surface area contributed by atoms with Crippen LogP contribution in [0.2, 0.25) is 10.0 Å². The Labute approximate surface area is 161 Å². The minimum atomic E-state index is -1.52. The maximum Gasteiger partial charge on any atom is 0.412 e. The first kappa shape index (κ1) is 20.1. The second kappa shape index (κ2) is 8.91. The molecule has 0 saturated carbocycles. The van der Waals surface area contributed by atoms with Crippen LogP contribution < -0.4 is 26.9 Å². The van der Waals surface area contributed by atoms with E-state index in [1.54, 1.807) is 6.07 Å². The first-order valence-corrected chi connectivity index (χ1v) is 7.83. The number of nitriles is 1. The number of nitrogens with one attached hydrogen (secondary N) is 3. The Bertz CT molecular complexity index is 928. The fourth-order valence-corrected chi connectivity index (χ4v) is 2.33. The predicted molar refractivity (Wildman–Crippen MR) is 95.4 cm³/mol. The number of H-pyrrole nitrogens is 1. The van der Waals surface area contributed by atoms with Crippen molar-refractivity contribution in [3.63, 3.8) is 0 Å². The summed E-state index contributed by atoms with van der Waals surface area (Å²) < 4.78 is 9.63. The van der Waals surface area contributed by atoms with Crippen LogP contribution in [0.4, 0.5) is 10.5 Å². The maximum atomic E-state index is 11.5. The monoisotopic (exact) mass is 411 g/mol. The van der Waals surface area contributed by atoms with Gasteiger partial charge in [-0.05, 0) is 18.2 Å². The summed E-state index contributed by atoms with van der Waals surface area (Å²) >= 11 is 12.3. The van der Waals surface area contributed by atoms with Gasteiger partial charge in [0, 0.05) is 12.3 Å². The summed E-state index contributed by atoms with van der Waals surface area (Å²) in [6, 6.07) is 5.55. The number of carbonyl (C=O) groups is 2. The zero-order valence-corrected chi connectivity index (χ0v) is 14.8. The standard InChI is InChI=1S/C15H11Cl2N5O5/c16-9-3-7(21-22-11(5-18)14(24)27-15(19)25)4-10(17)13(9)26-8-1-2-12(23)20-6-8/h1-4,6,11,21-22H,(H2,19,25)(H,20,23). The number of ether oxygens (including phenoxy) is 2. The molecule has 1 unspecified atom stereocenters. The third-order valence-electron chi connectivity index (χ3n) is 2.90. The molecular formula is C15H11Cl2N5O5. The SMILES string of the molecule is N#CC(NNc1cc(Cl)c(Oc2ccc(=O)[nH]c2)c(Cl)c1)C(=O)OC(N)=O. The highest BCUT2D eigenvalue weighted by Gasteiger charge is 2.21. The van der Waals surface area contributed by atoms with Gasteiger partial charge in [-0.1, -0.05) is 23.2 Å². The number of hydrogen-bond donors (Lipinski definition) is 4. The maximum absolute atomic E-state index is 11.5. The van der Waals surface area contributed by atoms with Gasteiger partial charge in [0.2, 0.25) is 11.6 Å². The fourth-order valence-electron chi connectivity index (χ4n) is 1.76. The van der Waals surface area contributed by atoms with Crippen molar-refractivity contribution in [2.75, 3.05) is 5.43 Å². The second-order valence-corrected chi connectivity index (χ2v) is 5.65. The number of hydrogen-bond acceptors (Lipinski definition) is 8. The van der Waals surface area contributed by atoms with Crippen LogP contribution in [0.15, 0.2) is 35.3 Å². The van der Waals surface area contributed by atoms with Crippen LogP contribution >= 0.6 is 23.2 Å². The van der Waals surface area contributed by atoms with E-state index in [1.807, 2.05) is 0 Å². The van der Waals surface area contributed by atoms with Gasteiger partial charge in [0.1, 0.15) is 5.75 Å². The highest BCUT2D eigenvalue weighted by atomic mass is 35.5. The van der Waals surface area contributed by atoms with Gasteiger partial charge in [0.05, 0.1) is 21.8 Å². The van der Waals surface area contributed by atoms with E-state index in [2.05, 4.69) is 20.6 Å². The van der Waals surface area contributed by atoms with Crippen molar-refractivity contribution in [3.05, 3.63) is 50.9 Å². The number of nitrogens with two attached hydrogens (primary N) is 1. The van der Waals surface area contributed by atoms with Gasteiger partial charge in [-0.15, -0.1) is 0 Å². The number of pyridine rings is 1. The zero-order valence-electron chi connectivity index (χ0n) is 13.3. The smallest absolute Gasteiger partial charge is 0.412 e. The van der Waals surface area contributed by atoms with E-state index in [0.29, 0.717) is 5.75 Å². The lowest BCUT2D eigenvalue weighted by Gasteiger charge is -2.14. The number of benzene rings is 1. The Morgan fingerprint density at radius 1 is 1.26 bits per heavy atom. The van der Waals surface area contributed by atoms with Crippen molar-refractivity contribution in [2.24, 2.45) is 5.73 Å². The number of aromatic amines is 1. The van der Waals surface area contributed by atoms with Crippen molar-refractivity contribution < 1.29 is 19.1 Å². The number of aromatic nitrogens is 1. The molecule has 2 rings (SSSR count). The van der Waals surface area contributed by atoms with E-state index in [1.165, 1.54) is 30.5 Å². The Morgan fingerprint density at radius 2 is 1.93 bits per heavy atom. The molecule has 12 heteroatoms. The lowest BCUT2D eigenvalue weighted by atomic mass is 10.3. The Morgan fingerprint density at radius 3 is 2.44 bits per heavy atom. The number of carbonyl (C=O) groups excluding carboxylic acids is 2. The van der Waals surface area contributed by atoms with Crippen molar-refractivity contribution >= 4 is 41.0 Å². The summed E-state index contributed by atoms with van der Waals surface area (Å²) in [5.41, 5.74) is 9.56. The molecule has 0 spiro atoms. The molecule has 5 N–H and O–H groups in total. The number of primary amides is 1. The molecule has 2 aromatic rings. The highest BCUT2D eigenvalue weighted by molar-refractivity contribution is 6.37. The van der Waals surface area contributed by atoms with E-state index < -0.39 is 18.1 Å². The van der Waals surface area contributed by atoms with Crippen molar-refractivity contribution in [3.8, 4) is 17.6 Å². The van der Waals surface area contributed by atoms with Crippen molar-refractivity contribution in [1.82, 2.24) is 10.4 Å². The quantitative estimate of drug-likeness (QED) is 0.318. The Balaban J connectivity index is 2.10. The largest absolute Gasteiger partial charge is 0.453 e. The number of hydrazine groups is 1. The van der Waals surface area contributed by atoms with Gasteiger partial charge in [-0.2, -0.15) is 5.26 Å². The van der Waals surface area contributed by atoms with Crippen LogP contribution in [0, 0.1) is 11.3 Å². The van der Waals surface area contributed by atoms with Crippen LogP contribution in [-0.4, -0.2) is 23.1 Å². The van der Waals surface area contributed by atoms with Gasteiger partial charge in [0.25, 0.3) is 0 Å². The molecular weight excluding hydrogens is 401 g/mol. The molecule has 1 amide bonds. The summed E-state index contributed by atoms with van der Waals surface area (Å²) in [5.74, 6) is -0.760. The lowest BCUT2D eigenvalue weighted by molar-refractivity contribution is -0.137. The van der Waals surface area contributed by atoms with Crippen LogP contribution in [0.25, 0.3) is 0 Å². The van der Waals surface area contributed by atoms with Gasteiger partial charge >= 0.3 is 12.1 Å². The third-order valence-corrected chi connectivity index (χ3v) is 3.46. The Kier molecular flexibility index (Phi) is 6.62.